The zero-order chi connectivity index (χ0) is 22.0. The molecular weight excluding hydrogens is 432 g/mol. The van der Waals surface area contributed by atoms with Crippen LogP contribution in [-0.4, -0.2) is 39.5 Å². The molecular formula is C22H24N4O3S2. The molecule has 0 atom stereocenters. The molecule has 0 unspecified atom stereocenters. The summed E-state index contributed by atoms with van der Waals surface area (Å²) in [5, 5.41) is 12.8. The van der Waals surface area contributed by atoms with Gasteiger partial charge in [0.1, 0.15) is 5.00 Å². The van der Waals surface area contributed by atoms with Crippen LogP contribution in [0.4, 0.5) is 5.00 Å². The highest BCUT2D eigenvalue weighted by Gasteiger charge is 2.28. The first-order valence-corrected chi connectivity index (χ1v) is 12.0. The summed E-state index contributed by atoms with van der Waals surface area (Å²) < 4.78 is 6.95. The van der Waals surface area contributed by atoms with Gasteiger partial charge in [-0.25, -0.2) is 4.79 Å². The molecule has 1 aromatic carbocycles. The quantitative estimate of drug-likeness (QED) is 0.420. The Balaban J connectivity index is 1.47. The molecule has 3 aromatic rings. The van der Waals surface area contributed by atoms with Crippen molar-refractivity contribution in [2.24, 2.45) is 0 Å². The number of thioether (sulfide) groups is 1. The van der Waals surface area contributed by atoms with Crippen LogP contribution in [-0.2, 0) is 28.9 Å². The van der Waals surface area contributed by atoms with E-state index in [9.17, 15) is 9.59 Å². The van der Waals surface area contributed by atoms with Crippen LogP contribution in [0, 0.1) is 6.92 Å². The van der Waals surface area contributed by atoms with E-state index >= 15 is 0 Å². The first-order valence-electron chi connectivity index (χ1n) is 10.2. The number of amides is 1. The number of nitrogens with one attached hydrogen (secondary N) is 1. The summed E-state index contributed by atoms with van der Waals surface area (Å²) in [5.41, 5.74) is 3.71. The average Bonchev–Trinajstić information content (AvgIpc) is 3.46. The van der Waals surface area contributed by atoms with E-state index in [-0.39, 0.29) is 11.7 Å². The Kier molecular flexibility index (Phi) is 6.43. The van der Waals surface area contributed by atoms with Crippen LogP contribution in [0.5, 0.6) is 0 Å². The molecule has 0 aliphatic heterocycles. The zero-order valence-electron chi connectivity index (χ0n) is 17.7. The summed E-state index contributed by atoms with van der Waals surface area (Å²) in [5.74, 6) is 0.386. The molecule has 0 saturated heterocycles. The lowest BCUT2D eigenvalue weighted by Crippen LogP contribution is -2.16. The molecule has 162 valence electrons. The SMILES string of the molecule is CCn1c(SCC(=O)Nc2sc3c(c2C(=O)OC)CCC3)nnc1-c1ccc(C)cc1. The largest absolute Gasteiger partial charge is 0.465 e. The Morgan fingerprint density at radius 2 is 2.00 bits per heavy atom. The number of thiophene rings is 1. The standard InChI is InChI=1S/C22H24N4O3S2/c1-4-26-19(14-10-8-13(2)9-11-14)24-25-22(26)30-12-17(27)23-20-18(21(28)29-3)15-6-5-7-16(15)31-20/h8-11H,4-7,12H2,1-3H3,(H,23,27). The fourth-order valence-corrected chi connectivity index (χ4v) is 5.80. The highest BCUT2D eigenvalue weighted by molar-refractivity contribution is 7.99. The van der Waals surface area contributed by atoms with E-state index in [2.05, 4.69) is 15.5 Å². The second kappa shape index (κ2) is 9.23. The highest BCUT2D eigenvalue weighted by atomic mass is 32.2. The number of hydrogen-bond acceptors (Lipinski definition) is 7. The second-order valence-electron chi connectivity index (χ2n) is 7.31. The molecule has 4 rings (SSSR count). The van der Waals surface area contributed by atoms with Crippen molar-refractivity contribution in [3.8, 4) is 11.4 Å². The third-order valence-electron chi connectivity index (χ3n) is 5.24. The van der Waals surface area contributed by atoms with Gasteiger partial charge in [-0.2, -0.15) is 0 Å². The number of aryl methyl sites for hydroxylation is 2. The predicted octanol–water partition coefficient (Wildman–Crippen LogP) is 4.34. The van der Waals surface area contributed by atoms with Crippen LogP contribution < -0.4 is 5.32 Å². The van der Waals surface area contributed by atoms with Gasteiger partial charge in [-0.3, -0.25) is 4.79 Å². The Bertz CT molecular complexity index is 1120. The molecule has 0 saturated carbocycles. The number of anilines is 1. The molecule has 0 fully saturated rings. The predicted molar refractivity (Wildman–Crippen MR) is 123 cm³/mol. The molecule has 0 radical (unpaired) electrons. The zero-order valence-corrected chi connectivity index (χ0v) is 19.4. The molecule has 1 amide bonds. The van der Waals surface area contributed by atoms with Gasteiger partial charge in [0.05, 0.1) is 18.4 Å². The van der Waals surface area contributed by atoms with E-state index < -0.39 is 5.97 Å². The molecule has 1 aliphatic rings. The molecule has 0 bridgehead atoms. The number of aromatic nitrogens is 3. The maximum absolute atomic E-state index is 12.7. The number of hydrogen-bond donors (Lipinski definition) is 1. The molecule has 2 aromatic heterocycles. The molecule has 7 nitrogen and oxygen atoms in total. The lowest BCUT2D eigenvalue weighted by Gasteiger charge is -2.09. The topological polar surface area (TPSA) is 86.1 Å². The summed E-state index contributed by atoms with van der Waals surface area (Å²) in [7, 11) is 1.37. The van der Waals surface area contributed by atoms with E-state index in [0.717, 1.165) is 41.1 Å². The average molecular weight is 457 g/mol. The number of benzene rings is 1. The Morgan fingerprint density at radius 3 is 2.71 bits per heavy atom. The van der Waals surface area contributed by atoms with Gasteiger partial charge in [0, 0.05) is 17.0 Å². The summed E-state index contributed by atoms with van der Waals surface area (Å²) in [4.78, 5) is 26.1. The van der Waals surface area contributed by atoms with Crippen LogP contribution in [0.1, 0.15) is 39.7 Å². The molecule has 0 spiro atoms. The van der Waals surface area contributed by atoms with E-state index in [4.69, 9.17) is 4.74 Å². The van der Waals surface area contributed by atoms with Crippen molar-refractivity contribution in [1.29, 1.82) is 0 Å². The van der Waals surface area contributed by atoms with Gasteiger partial charge in [-0.05, 0) is 38.7 Å². The van der Waals surface area contributed by atoms with Gasteiger partial charge in [-0.1, -0.05) is 41.6 Å². The third kappa shape index (κ3) is 4.38. The monoisotopic (exact) mass is 456 g/mol. The van der Waals surface area contributed by atoms with Gasteiger partial charge in [0.25, 0.3) is 0 Å². The van der Waals surface area contributed by atoms with Crippen LogP contribution in [0.25, 0.3) is 11.4 Å². The summed E-state index contributed by atoms with van der Waals surface area (Å²) >= 11 is 2.81. The van der Waals surface area contributed by atoms with Gasteiger partial charge in [-0.15, -0.1) is 21.5 Å². The number of carbonyl (C=O) groups is 2. The smallest absolute Gasteiger partial charge is 0.341 e. The minimum Gasteiger partial charge on any atom is -0.465 e. The normalized spacial score (nSPS) is 12.6. The molecule has 9 heteroatoms. The second-order valence-corrected chi connectivity index (χ2v) is 9.35. The molecule has 1 N–H and O–H groups in total. The van der Waals surface area contributed by atoms with Crippen molar-refractivity contribution in [1.82, 2.24) is 14.8 Å². The Morgan fingerprint density at radius 1 is 1.23 bits per heavy atom. The minimum absolute atomic E-state index is 0.176. The van der Waals surface area contributed by atoms with Crippen molar-refractivity contribution in [2.45, 2.75) is 44.8 Å². The Labute approximate surface area is 189 Å². The van der Waals surface area contributed by atoms with Crippen molar-refractivity contribution in [2.75, 3.05) is 18.2 Å². The van der Waals surface area contributed by atoms with Crippen molar-refractivity contribution < 1.29 is 14.3 Å². The van der Waals surface area contributed by atoms with Crippen LogP contribution in [0.3, 0.4) is 0 Å². The van der Waals surface area contributed by atoms with Crippen LogP contribution in [0.2, 0.25) is 0 Å². The van der Waals surface area contributed by atoms with E-state index in [0.29, 0.717) is 22.3 Å². The fourth-order valence-electron chi connectivity index (χ4n) is 3.70. The lowest BCUT2D eigenvalue weighted by molar-refractivity contribution is -0.113. The number of methoxy groups -OCH3 is 1. The van der Waals surface area contributed by atoms with Crippen LogP contribution >= 0.6 is 23.1 Å². The van der Waals surface area contributed by atoms with E-state index in [1.54, 1.807) is 0 Å². The van der Waals surface area contributed by atoms with Gasteiger partial charge in [0.15, 0.2) is 11.0 Å². The molecule has 2 heterocycles. The van der Waals surface area contributed by atoms with Crippen molar-refractivity contribution in [3.05, 3.63) is 45.8 Å². The number of fused-ring (bicyclic) bond motifs is 1. The van der Waals surface area contributed by atoms with Crippen molar-refractivity contribution in [3.63, 3.8) is 0 Å². The maximum Gasteiger partial charge on any atom is 0.341 e. The number of carbonyl (C=O) groups excluding carboxylic acids is 2. The lowest BCUT2D eigenvalue weighted by atomic mass is 10.1. The number of rotatable bonds is 7. The minimum atomic E-state index is -0.393. The molecule has 31 heavy (non-hydrogen) atoms. The number of esters is 1. The maximum atomic E-state index is 12.7. The van der Waals surface area contributed by atoms with E-state index in [1.165, 1.54) is 35.8 Å². The summed E-state index contributed by atoms with van der Waals surface area (Å²) in [6.45, 7) is 4.77. The Hall–Kier alpha value is -2.65. The van der Waals surface area contributed by atoms with E-state index in [1.807, 2.05) is 42.7 Å². The van der Waals surface area contributed by atoms with Crippen molar-refractivity contribution >= 4 is 40.0 Å². The summed E-state index contributed by atoms with van der Waals surface area (Å²) in [6.07, 6.45) is 2.82. The first-order chi connectivity index (χ1) is 15.0. The molecule has 1 aliphatic carbocycles. The van der Waals surface area contributed by atoms with Gasteiger partial charge >= 0.3 is 5.97 Å². The summed E-state index contributed by atoms with van der Waals surface area (Å²) in [6, 6.07) is 8.14. The van der Waals surface area contributed by atoms with Crippen LogP contribution in [0.15, 0.2) is 29.4 Å². The first kappa shape index (κ1) is 21.6. The van der Waals surface area contributed by atoms with Gasteiger partial charge in [0.2, 0.25) is 5.91 Å². The number of ether oxygens (including phenoxy) is 1. The van der Waals surface area contributed by atoms with Gasteiger partial charge < -0.3 is 14.6 Å². The third-order valence-corrected chi connectivity index (χ3v) is 7.41. The highest BCUT2D eigenvalue weighted by Crippen LogP contribution is 2.39. The fraction of sp³-hybridized carbons (Fsp3) is 0.364. The number of nitrogens with zero attached hydrogens (tertiary/aromatic N) is 3.